The van der Waals surface area contributed by atoms with Crippen molar-refractivity contribution in [1.29, 1.82) is 0 Å². The predicted octanol–water partition coefficient (Wildman–Crippen LogP) is 1.99. The Hall–Kier alpha value is -2.41. The minimum absolute atomic E-state index is 0.122. The summed E-state index contributed by atoms with van der Waals surface area (Å²) in [5.41, 5.74) is 0. The second-order valence-electron chi connectivity index (χ2n) is 5.05. The summed E-state index contributed by atoms with van der Waals surface area (Å²) < 4.78 is 0.122. The van der Waals surface area contributed by atoms with E-state index >= 15 is 0 Å². The van der Waals surface area contributed by atoms with Crippen molar-refractivity contribution >= 4 is 17.8 Å². The van der Waals surface area contributed by atoms with Gasteiger partial charge >= 0.3 is 12.0 Å². The van der Waals surface area contributed by atoms with Crippen molar-refractivity contribution in [3.63, 3.8) is 0 Å². The number of anilines is 1. The first-order valence-electron chi connectivity index (χ1n) is 7.03. The van der Waals surface area contributed by atoms with Crippen LogP contribution in [0.4, 0.5) is 16.6 Å². The quantitative estimate of drug-likeness (QED) is 0.853. The second-order valence-corrected chi connectivity index (χ2v) is 5.05. The molecule has 3 heterocycles. The third-order valence-corrected chi connectivity index (χ3v) is 3.70. The molecule has 7 nitrogen and oxygen atoms in total. The van der Waals surface area contributed by atoms with Gasteiger partial charge in [-0.25, -0.2) is 9.78 Å². The molecule has 0 aromatic carbocycles. The van der Waals surface area contributed by atoms with Crippen molar-refractivity contribution < 1.29 is 4.79 Å². The van der Waals surface area contributed by atoms with E-state index in [9.17, 15) is 4.79 Å². The average molecular weight is 285 g/mol. The summed E-state index contributed by atoms with van der Waals surface area (Å²) in [6, 6.07) is 1.60. The summed E-state index contributed by atoms with van der Waals surface area (Å²) in [6.07, 6.45) is 11.1. The number of nitrogens with zero attached hydrogens (tertiary/aromatic N) is 5. The van der Waals surface area contributed by atoms with E-state index < -0.39 is 0 Å². The normalized spacial score (nSPS) is 17.1. The standard InChI is InChI=1S/C14H16N6O/c21-14(19-12-11-15-7-8-16-12)20(9-2-1-3-10-20)13-17-5-4-6-18-13/h4-8,11H,1-3,9-10H2/p+1. The van der Waals surface area contributed by atoms with Gasteiger partial charge in [-0.15, -0.1) is 0 Å². The van der Waals surface area contributed by atoms with E-state index in [-0.39, 0.29) is 10.5 Å². The van der Waals surface area contributed by atoms with E-state index in [4.69, 9.17) is 0 Å². The molecule has 0 spiro atoms. The average Bonchev–Trinajstić information content (AvgIpc) is 2.57. The van der Waals surface area contributed by atoms with Crippen molar-refractivity contribution in [2.45, 2.75) is 19.3 Å². The van der Waals surface area contributed by atoms with E-state index in [0.29, 0.717) is 24.9 Å². The van der Waals surface area contributed by atoms with Crippen LogP contribution in [0, 0.1) is 0 Å². The molecular weight excluding hydrogens is 268 g/mol. The fourth-order valence-electron chi connectivity index (χ4n) is 2.64. The molecule has 1 N–H and O–H groups in total. The maximum Gasteiger partial charge on any atom is 0.429 e. The summed E-state index contributed by atoms with van der Waals surface area (Å²) in [4.78, 5) is 29.5. The molecular formula is C14H17N6O+. The van der Waals surface area contributed by atoms with Crippen LogP contribution in [0.15, 0.2) is 37.1 Å². The summed E-state index contributed by atoms with van der Waals surface area (Å²) in [5, 5.41) is 2.83. The molecule has 1 aliphatic heterocycles. The van der Waals surface area contributed by atoms with Crippen LogP contribution in [0.3, 0.4) is 0 Å². The number of hydrogen-bond acceptors (Lipinski definition) is 5. The highest BCUT2D eigenvalue weighted by Crippen LogP contribution is 2.26. The molecule has 2 amide bonds. The number of amides is 2. The third kappa shape index (κ3) is 2.73. The summed E-state index contributed by atoms with van der Waals surface area (Å²) in [5.74, 6) is 0.986. The lowest BCUT2D eigenvalue weighted by Gasteiger charge is -2.35. The number of carbonyl (C=O) groups excluding carboxylic acids is 1. The van der Waals surface area contributed by atoms with Gasteiger partial charge in [-0.2, -0.15) is 14.5 Å². The largest absolute Gasteiger partial charge is 0.429 e. The Labute approximate surface area is 122 Å². The van der Waals surface area contributed by atoms with Gasteiger partial charge in [0.05, 0.1) is 19.3 Å². The first-order chi connectivity index (χ1) is 10.3. The molecule has 3 rings (SSSR count). The molecule has 1 aliphatic rings. The van der Waals surface area contributed by atoms with Crippen LogP contribution in [-0.2, 0) is 0 Å². The van der Waals surface area contributed by atoms with Crippen LogP contribution >= 0.6 is 0 Å². The summed E-state index contributed by atoms with van der Waals surface area (Å²) in [6.45, 7) is 1.41. The summed E-state index contributed by atoms with van der Waals surface area (Å²) >= 11 is 0. The van der Waals surface area contributed by atoms with Crippen molar-refractivity contribution in [3.8, 4) is 0 Å². The van der Waals surface area contributed by atoms with E-state index in [1.165, 1.54) is 6.20 Å². The molecule has 0 unspecified atom stereocenters. The first-order valence-corrected chi connectivity index (χ1v) is 7.03. The number of urea groups is 1. The molecule has 21 heavy (non-hydrogen) atoms. The number of quaternary nitrogens is 1. The lowest BCUT2D eigenvalue weighted by Crippen LogP contribution is -2.60. The highest BCUT2D eigenvalue weighted by Gasteiger charge is 2.43. The van der Waals surface area contributed by atoms with Gasteiger partial charge in [0.1, 0.15) is 0 Å². The topological polar surface area (TPSA) is 80.7 Å². The van der Waals surface area contributed by atoms with E-state index in [2.05, 4.69) is 25.3 Å². The number of piperidine rings is 1. The monoisotopic (exact) mass is 285 g/mol. The maximum atomic E-state index is 12.8. The van der Waals surface area contributed by atoms with Crippen molar-refractivity contribution in [2.75, 3.05) is 18.4 Å². The Morgan fingerprint density at radius 3 is 2.43 bits per heavy atom. The summed E-state index contributed by atoms with van der Waals surface area (Å²) in [7, 11) is 0. The SMILES string of the molecule is O=C(Nc1cnccn1)[N+]1(c2ncccn2)CCCCC1. The Morgan fingerprint density at radius 2 is 1.76 bits per heavy atom. The highest BCUT2D eigenvalue weighted by atomic mass is 16.2. The molecule has 0 saturated carbocycles. The molecule has 0 atom stereocenters. The van der Waals surface area contributed by atoms with E-state index in [1.807, 2.05) is 0 Å². The zero-order valence-corrected chi connectivity index (χ0v) is 11.6. The predicted molar refractivity (Wildman–Crippen MR) is 78.5 cm³/mol. The van der Waals surface area contributed by atoms with E-state index in [1.54, 1.807) is 30.9 Å². The second kappa shape index (κ2) is 5.92. The number of carbonyl (C=O) groups is 1. The number of aromatic nitrogens is 4. The van der Waals surface area contributed by atoms with Gasteiger partial charge in [-0.3, -0.25) is 10.3 Å². The molecule has 2 aromatic heterocycles. The Bertz CT molecular complexity index is 597. The smallest absolute Gasteiger partial charge is 0.259 e. The number of likely N-dealkylation sites (tertiary alicyclic amines) is 1. The van der Waals surface area contributed by atoms with Gasteiger partial charge in [-0.1, -0.05) is 0 Å². The van der Waals surface area contributed by atoms with Crippen LogP contribution < -0.4 is 9.80 Å². The Kier molecular flexibility index (Phi) is 3.83. The van der Waals surface area contributed by atoms with Gasteiger partial charge in [0.15, 0.2) is 5.82 Å². The molecule has 0 radical (unpaired) electrons. The minimum atomic E-state index is -0.151. The van der Waals surface area contributed by atoms with Crippen LogP contribution in [-0.4, -0.2) is 39.1 Å². The third-order valence-electron chi connectivity index (χ3n) is 3.70. The fourth-order valence-corrected chi connectivity index (χ4v) is 2.64. The highest BCUT2D eigenvalue weighted by molar-refractivity contribution is 5.96. The molecule has 7 heteroatoms. The molecule has 1 fully saturated rings. The molecule has 1 saturated heterocycles. The zero-order chi connectivity index (χ0) is 14.5. The Balaban J connectivity index is 1.90. The van der Waals surface area contributed by atoms with Crippen LogP contribution in [0.25, 0.3) is 0 Å². The van der Waals surface area contributed by atoms with Gasteiger partial charge in [0.25, 0.3) is 0 Å². The van der Waals surface area contributed by atoms with Gasteiger partial charge in [-0.05, 0) is 25.3 Å². The lowest BCUT2D eigenvalue weighted by molar-refractivity contribution is 0.196. The van der Waals surface area contributed by atoms with Crippen LogP contribution in [0.5, 0.6) is 0 Å². The molecule has 2 aromatic rings. The molecule has 108 valence electrons. The number of nitrogens with one attached hydrogen (secondary N) is 1. The van der Waals surface area contributed by atoms with Crippen molar-refractivity contribution in [1.82, 2.24) is 24.4 Å². The number of hydrogen-bond donors (Lipinski definition) is 1. The van der Waals surface area contributed by atoms with Crippen LogP contribution in [0.1, 0.15) is 19.3 Å². The maximum absolute atomic E-state index is 12.8. The first kappa shape index (κ1) is 13.6. The van der Waals surface area contributed by atoms with Crippen LogP contribution in [0.2, 0.25) is 0 Å². The Morgan fingerprint density at radius 1 is 1.00 bits per heavy atom. The zero-order valence-electron chi connectivity index (χ0n) is 11.6. The van der Waals surface area contributed by atoms with Crippen molar-refractivity contribution in [2.24, 2.45) is 0 Å². The molecule has 0 aliphatic carbocycles. The van der Waals surface area contributed by atoms with Crippen molar-refractivity contribution in [3.05, 3.63) is 37.1 Å². The number of rotatable bonds is 2. The minimum Gasteiger partial charge on any atom is -0.259 e. The lowest BCUT2D eigenvalue weighted by atomic mass is 10.1. The fraction of sp³-hybridized carbons (Fsp3) is 0.357. The van der Waals surface area contributed by atoms with Gasteiger partial charge in [0, 0.05) is 24.8 Å². The van der Waals surface area contributed by atoms with Gasteiger partial charge < -0.3 is 0 Å². The van der Waals surface area contributed by atoms with Gasteiger partial charge in [0.2, 0.25) is 0 Å². The molecule has 0 bridgehead atoms. The van der Waals surface area contributed by atoms with E-state index in [0.717, 1.165) is 19.3 Å².